The standard InChI is InChI=1S/C17H20N2O3/c1-11-8-14(19(2)17(20)13(11)10-18)12-4-5-15-16(9-12)22-7-3-6-21-15/h4-5,8-9H,3,6-7,10,18H2,1-2H3. The van der Waals surface area contributed by atoms with Gasteiger partial charge in [-0.1, -0.05) is 0 Å². The lowest BCUT2D eigenvalue weighted by molar-refractivity contribution is 0.297. The van der Waals surface area contributed by atoms with Crippen molar-refractivity contribution in [2.24, 2.45) is 12.8 Å². The quantitative estimate of drug-likeness (QED) is 0.921. The highest BCUT2D eigenvalue weighted by atomic mass is 16.5. The molecular weight excluding hydrogens is 280 g/mol. The van der Waals surface area contributed by atoms with Crippen molar-refractivity contribution in [3.8, 4) is 22.8 Å². The van der Waals surface area contributed by atoms with Crippen LogP contribution in [0.3, 0.4) is 0 Å². The maximum atomic E-state index is 12.4. The number of aryl methyl sites for hydroxylation is 1. The molecule has 3 rings (SSSR count). The highest BCUT2D eigenvalue weighted by molar-refractivity contribution is 5.65. The number of nitrogens with two attached hydrogens (primary N) is 1. The molecule has 0 atom stereocenters. The third-order valence-electron chi connectivity index (χ3n) is 4.00. The molecule has 0 saturated carbocycles. The lowest BCUT2D eigenvalue weighted by atomic mass is 10.0. The molecule has 0 radical (unpaired) electrons. The Labute approximate surface area is 129 Å². The summed E-state index contributed by atoms with van der Waals surface area (Å²) in [5, 5.41) is 0. The first-order valence-corrected chi connectivity index (χ1v) is 7.41. The van der Waals surface area contributed by atoms with E-state index in [9.17, 15) is 4.79 Å². The van der Waals surface area contributed by atoms with Crippen molar-refractivity contribution < 1.29 is 9.47 Å². The van der Waals surface area contributed by atoms with Crippen molar-refractivity contribution in [1.29, 1.82) is 0 Å². The van der Waals surface area contributed by atoms with Gasteiger partial charge < -0.3 is 19.8 Å². The van der Waals surface area contributed by atoms with Crippen molar-refractivity contribution in [1.82, 2.24) is 4.57 Å². The number of aromatic nitrogens is 1. The summed E-state index contributed by atoms with van der Waals surface area (Å²) in [7, 11) is 1.76. The number of rotatable bonds is 2. The highest BCUT2D eigenvalue weighted by Crippen LogP contribution is 2.34. The number of pyridine rings is 1. The molecule has 22 heavy (non-hydrogen) atoms. The van der Waals surface area contributed by atoms with E-state index in [0.29, 0.717) is 18.8 Å². The maximum Gasteiger partial charge on any atom is 0.255 e. The Morgan fingerprint density at radius 2 is 1.91 bits per heavy atom. The number of hydrogen-bond acceptors (Lipinski definition) is 4. The van der Waals surface area contributed by atoms with Crippen molar-refractivity contribution >= 4 is 0 Å². The van der Waals surface area contributed by atoms with Crippen LogP contribution in [-0.4, -0.2) is 17.8 Å². The first-order valence-electron chi connectivity index (χ1n) is 7.41. The fourth-order valence-electron chi connectivity index (χ4n) is 2.72. The van der Waals surface area contributed by atoms with E-state index in [1.165, 1.54) is 0 Å². The largest absolute Gasteiger partial charge is 0.490 e. The summed E-state index contributed by atoms with van der Waals surface area (Å²) in [6.07, 6.45) is 0.868. The lowest BCUT2D eigenvalue weighted by Crippen LogP contribution is -2.25. The van der Waals surface area contributed by atoms with Gasteiger partial charge in [-0.2, -0.15) is 0 Å². The molecule has 1 aliphatic heterocycles. The second-order valence-corrected chi connectivity index (χ2v) is 5.47. The molecule has 2 N–H and O–H groups in total. The van der Waals surface area contributed by atoms with Crippen LogP contribution in [0.1, 0.15) is 17.5 Å². The Hall–Kier alpha value is -2.27. The van der Waals surface area contributed by atoms with Crippen LogP contribution in [0.4, 0.5) is 0 Å². The molecule has 5 nitrogen and oxygen atoms in total. The van der Waals surface area contributed by atoms with E-state index in [-0.39, 0.29) is 12.1 Å². The molecule has 0 aliphatic carbocycles. The van der Waals surface area contributed by atoms with Gasteiger partial charge in [-0.3, -0.25) is 4.79 Å². The molecule has 5 heteroatoms. The molecule has 0 fully saturated rings. The number of fused-ring (bicyclic) bond motifs is 1. The molecule has 0 saturated heterocycles. The predicted octanol–water partition coefficient (Wildman–Crippen LogP) is 1.98. The molecule has 1 aromatic carbocycles. The van der Waals surface area contributed by atoms with Gasteiger partial charge in [0.05, 0.1) is 18.9 Å². The van der Waals surface area contributed by atoms with Gasteiger partial charge in [0.25, 0.3) is 5.56 Å². The number of benzene rings is 1. The van der Waals surface area contributed by atoms with Crippen LogP contribution in [0, 0.1) is 6.92 Å². The summed E-state index contributed by atoms with van der Waals surface area (Å²) in [6, 6.07) is 7.76. The van der Waals surface area contributed by atoms with Crippen LogP contribution in [0.2, 0.25) is 0 Å². The average molecular weight is 300 g/mol. The van der Waals surface area contributed by atoms with Crippen molar-refractivity contribution in [2.75, 3.05) is 13.2 Å². The van der Waals surface area contributed by atoms with Crippen LogP contribution in [0.15, 0.2) is 29.1 Å². The van der Waals surface area contributed by atoms with Gasteiger partial charge in [0.1, 0.15) is 0 Å². The molecule has 0 bridgehead atoms. The molecule has 2 aromatic rings. The van der Waals surface area contributed by atoms with Crippen molar-refractivity contribution in [3.63, 3.8) is 0 Å². The Morgan fingerprint density at radius 3 is 2.64 bits per heavy atom. The minimum absolute atomic E-state index is 0.0513. The van der Waals surface area contributed by atoms with Gasteiger partial charge in [-0.15, -0.1) is 0 Å². The minimum atomic E-state index is -0.0513. The smallest absolute Gasteiger partial charge is 0.255 e. The molecule has 0 spiro atoms. The van der Waals surface area contributed by atoms with Gasteiger partial charge >= 0.3 is 0 Å². The Balaban J connectivity index is 2.12. The molecule has 0 amide bonds. The summed E-state index contributed by atoms with van der Waals surface area (Å²) in [6.45, 7) is 3.46. The van der Waals surface area contributed by atoms with Crippen molar-refractivity contribution in [3.05, 3.63) is 45.7 Å². The summed E-state index contributed by atoms with van der Waals surface area (Å²) in [4.78, 5) is 12.4. The van der Waals surface area contributed by atoms with Crippen LogP contribution < -0.4 is 20.8 Å². The number of ether oxygens (including phenoxy) is 2. The number of nitrogens with zero attached hydrogens (tertiary/aromatic N) is 1. The SMILES string of the molecule is Cc1cc(-c2ccc3c(c2)OCCCO3)n(C)c(=O)c1CN. The van der Waals surface area contributed by atoms with E-state index >= 15 is 0 Å². The second-order valence-electron chi connectivity index (χ2n) is 5.47. The Morgan fingerprint density at radius 1 is 1.18 bits per heavy atom. The molecule has 116 valence electrons. The monoisotopic (exact) mass is 300 g/mol. The zero-order chi connectivity index (χ0) is 15.7. The molecule has 1 aliphatic rings. The fourth-order valence-corrected chi connectivity index (χ4v) is 2.72. The van der Waals surface area contributed by atoms with Gasteiger partial charge in [-0.25, -0.2) is 0 Å². The summed E-state index contributed by atoms with van der Waals surface area (Å²) in [5.41, 5.74) is 8.95. The van der Waals surface area contributed by atoms with E-state index in [4.69, 9.17) is 15.2 Å². The first kappa shape index (κ1) is 14.7. The third kappa shape index (κ3) is 2.48. The van der Waals surface area contributed by atoms with Crippen LogP contribution >= 0.6 is 0 Å². The second kappa shape index (κ2) is 5.85. The van der Waals surface area contributed by atoms with E-state index in [2.05, 4.69) is 0 Å². The van der Waals surface area contributed by atoms with Gasteiger partial charge in [-0.05, 0) is 36.8 Å². The van der Waals surface area contributed by atoms with Gasteiger partial charge in [0.2, 0.25) is 0 Å². The number of hydrogen-bond donors (Lipinski definition) is 1. The highest BCUT2D eigenvalue weighted by Gasteiger charge is 2.14. The first-order chi connectivity index (χ1) is 10.6. The summed E-state index contributed by atoms with van der Waals surface area (Å²) in [5.74, 6) is 1.48. The zero-order valence-corrected chi connectivity index (χ0v) is 12.9. The van der Waals surface area contributed by atoms with Crippen molar-refractivity contribution in [2.45, 2.75) is 19.9 Å². The predicted molar refractivity (Wildman–Crippen MR) is 85.4 cm³/mol. The molecule has 1 aromatic heterocycles. The van der Waals surface area contributed by atoms with Gasteiger partial charge in [0.15, 0.2) is 11.5 Å². The fraction of sp³-hybridized carbons (Fsp3) is 0.353. The average Bonchev–Trinajstić information content (AvgIpc) is 2.76. The minimum Gasteiger partial charge on any atom is -0.490 e. The van der Waals surface area contributed by atoms with Crippen LogP contribution in [0.25, 0.3) is 11.3 Å². The topological polar surface area (TPSA) is 66.5 Å². The lowest BCUT2D eigenvalue weighted by Gasteiger charge is -2.14. The van der Waals surface area contributed by atoms with E-state index in [1.807, 2.05) is 31.2 Å². The molecular formula is C17H20N2O3. The van der Waals surface area contributed by atoms with E-state index < -0.39 is 0 Å². The van der Waals surface area contributed by atoms with E-state index in [0.717, 1.165) is 34.7 Å². The zero-order valence-electron chi connectivity index (χ0n) is 12.9. The normalized spacial score (nSPS) is 13.8. The van der Waals surface area contributed by atoms with E-state index in [1.54, 1.807) is 11.6 Å². The Bertz CT molecular complexity index is 765. The van der Waals surface area contributed by atoms with Crippen LogP contribution in [0.5, 0.6) is 11.5 Å². The van der Waals surface area contributed by atoms with Gasteiger partial charge in [0, 0.05) is 31.1 Å². The van der Waals surface area contributed by atoms with Crippen LogP contribution in [-0.2, 0) is 13.6 Å². The Kier molecular flexibility index (Phi) is 3.90. The maximum absolute atomic E-state index is 12.4. The third-order valence-corrected chi connectivity index (χ3v) is 4.00. The molecule has 2 heterocycles. The molecule has 0 unspecified atom stereocenters. The summed E-state index contributed by atoms with van der Waals surface area (Å²) < 4.78 is 13.0. The summed E-state index contributed by atoms with van der Waals surface area (Å²) >= 11 is 0.